The summed E-state index contributed by atoms with van der Waals surface area (Å²) in [7, 11) is 6.09. The summed E-state index contributed by atoms with van der Waals surface area (Å²) in [5, 5.41) is 7.89. The van der Waals surface area contributed by atoms with Crippen LogP contribution in [0.3, 0.4) is 0 Å². The van der Waals surface area contributed by atoms with E-state index >= 15 is 0 Å². The molecule has 0 saturated carbocycles. The third-order valence-electron chi connectivity index (χ3n) is 6.53. The summed E-state index contributed by atoms with van der Waals surface area (Å²) >= 11 is 0. The van der Waals surface area contributed by atoms with Crippen LogP contribution in [0.2, 0.25) is 0 Å². The summed E-state index contributed by atoms with van der Waals surface area (Å²) in [6.45, 7) is 7.06. The first-order valence-electron chi connectivity index (χ1n) is 11.6. The van der Waals surface area contributed by atoms with Crippen LogP contribution in [0.5, 0.6) is 5.75 Å². The first-order valence-corrected chi connectivity index (χ1v) is 11.6. The second-order valence-electron chi connectivity index (χ2n) is 9.64. The van der Waals surface area contributed by atoms with Gasteiger partial charge in [0.15, 0.2) is 5.43 Å². The van der Waals surface area contributed by atoms with E-state index in [0.717, 1.165) is 62.5 Å². The lowest BCUT2D eigenvalue weighted by atomic mass is 9.96. The molecule has 0 fully saturated rings. The number of pyridine rings is 1. The number of fused-ring (bicyclic) bond motifs is 5. The minimum atomic E-state index is -0.405. The van der Waals surface area contributed by atoms with Crippen molar-refractivity contribution in [1.29, 1.82) is 0 Å². The number of hydrogen-bond donors (Lipinski definition) is 0. The molecule has 170 valence electrons. The molecule has 5 heteroatoms. The van der Waals surface area contributed by atoms with E-state index in [9.17, 15) is 4.79 Å². The maximum absolute atomic E-state index is 14.1. The number of benzene rings is 3. The Labute approximate surface area is 194 Å². The zero-order valence-corrected chi connectivity index (χ0v) is 20.3. The van der Waals surface area contributed by atoms with E-state index in [1.165, 1.54) is 0 Å². The molecule has 1 aliphatic rings. The van der Waals surface area contributed by atoms with Gasteiger partial charge in [-0.05, 0) is 55.3 Å². The molecule has 1 aromatic heterocycles. The Hall–Kier alpha value is -3.31. The highest BCUT2D eigenvalue weighted by atomic mass is 16.5. The van der Waals surface area contributed by atoms with Crippen LogP contribution in [0.1, 0.15) is 32.8 Å². The molecule has 0 unspecified atom stereocenters. The van der Waals surface area contributed by atoms with Crippen molar-refractivity contribution in [2.24, 2.45) is 7.05 Å². The number of hydrogen-bond acceptors (Lipinski definition) is 4. The smallest absolute Gasteiger partial charge is 0.199 e. The molecule has 0 N–H and O–H groups in total. The zero-order chi connectivity index (χ0) is 23.5. The number of aryl methyl sites for hydroxylation is 1. The van der Waals surface area contributed by atoms with E-state index in [1.807, 2.05) is 38.4 Å². The van der Waals surface area contributed by atoms with Gasteiger partial charge in [0.25, 0.3) is 0 Å². The van der Waals surface area contributed by atoms with Crippen LogP contribution in [-0.4, -0.2) is 35.8 Å². The standard InChI is InChI=1S/C28H31N3O2/c1-7-14-31(29(4)5)23-17-24-20(12-13-28(2,3)33-24)26-25(23)27(32)21-15-18-10-8-9-11-19(18)16-22(21)30(26)6/h8-13,15-17H,7,14H2,1-6H3. The fraction of sp³-hybridized carbons (Fsp3) is 0.321. The quantitative estimate of drug-likeness (QED) is 0.300. The van der Waals surface area contributed by atoms with Crippen molar-refractivity contribution >= 4 is 44.3 Å². The van der Waals surface area contributed by atoms with E-state index in [1.54, 1.807) is 0 Å². The van der Waals surface area contributed by atoms with E-state index in [-0.39, 0.29) is 5.43 Å². The van der Waals surface area contributed by atoms with Gasteiger partial charge in [-0.3, -0.25) is 4.79 Å². The van der Waals surface area contributed by atoms with Crippen molar-refractivity contribution in [3.63, 3.8) is 0 Å². The summed E-state index contributed by atoms with van der Waals surface area (Å²) in [5.74, 6) is 0.808. The molecule has 2 heterocycles. The lowest BCUT2D eigenvalue weighted by Crippen LogP contribution is -2.38. The molecule has 0 aliphatic carbocycles. The van der Waals surface area contributed by atoms with Gasteiger partial charge in [0, 0.05) is 44.7 Å². The van der Waals surface area contributed by atoms with Crippen molar-refractivity contribution in [2.45, 2.75) is 32.8 Å². The maximum atomic E-state index is 14.1. The molecule has 0 radical (unpaired) electrons. The summed E-state index contributed by atoms with van der Waals surface area (Å²) in [4.78, 5) is 14.1. The highest BCUT2D eigenvalue weighted by Crippen LogP contribution is 2.41. The van der Waals surface area contributed by atoms with Crippen molar-refractivity contribution in [2.75, 3.05) is 25.6 Å². The van der Waals surface area contributed by atoms with Crippen LogP contribution in [0, 0.1) is 0 Å². The lowest BCUT2D eigenvalue weighted by Gasteiger charge is -2.35. The SMILES string of the molecule is CCCN(c1cc2c(c3c1c(=O)c1cc4ccccc4cc1n3C)C=CC(C)(C)O2)N(C)C. The van der Waals surface area contributed by atoms with Crippen molar-refractivity contribution in [3.05, 3.63) is 64.3 Å². The predicted octanol–water partition coefficient (Wildman–Crippen LogP) is 5.72. The summed E-state index contributed by atoms with van der Waals surface area (Å²) in [6, 6.07) is 14.4. The zero-order valence-electron chi connectivity index (χ0n) is 20.3. The maximum Gasteiger partial charge on any atom is 0.199 e. The summed E-state index contributed by atoms with van der Waals surface area (Å²) in [6.07, 6.45) is 5.14. The molecule has 0 atom stereocenters. The van der Waals surface area contributed by atoms with Gasteiger partial charge in [-0.2, -0.15) is 0 Å². The Morgan fingerprint density at radius 3 is 2.42 bits per heavy atom. The fourth-order valence-electron chi connectivity index (χ4n) is 4.96. The largest absolute Gasteiger partial charge is 0.483 e. The van der Waals surface area contributed by atoms with Gasteiger partial charge in [-0.1, -0.05) is 31.2 Å². The highest BCUT2D eigenvalue weighted by molar-refractivity contribution is 6.08. The normalized spacial score (nSPS) is 14.8. The third-order valence-corrected chi connectivity index (χ3v) is 6.53. The van der Waals surface area contributed by atoms with E-state index in [0.29, 0.717) is 0 Å². The number of rotatable bonds is 4. The average Bonchev–Trinajstić information content (AvgIpc) is 2.78. The first-order chi connectivity index (χ1) is 15.7. The monoisotopic (exact) mass is 441 g/mol. The molecule has 1 aliphatic heterocycles. The van der Waals surface area contributed by atoms with E-state index in [4.69, 9.17) is 4.74 Å². The van der Waals surface area contributed by atoms with Crippen LogP contribution in [-0.2, 0) is 7.05 Å². The number of nitrogens with zero attached hydrogens (tertiary/aromatic N) is 3. The van der Waals surface area contributed by atoms with Gasteiger partial charge in [0.1, 0.15) is 11.4 Å². The van der Waals surface area contributed by atoms with Gasteiger partial charge >= 0.3 is 0 Å². The molecule has 3 aromatic carbocycles. The Kier molecular flexibility index (Phi) is 4.98. The molecule has 4 aromatic rings. The Morgan fingerprint density at radius 1 is 1.06 bits per heavy atom. The van der Waals surface area contributed by atoms with Crippen molar-refractivity contribution in [3.8, 4) is 5.75 Å². The molecule has 5 rings (SSSR count). The van der Waals surface area contributed by atoms with Gasteiger partial charge in [-0.25, -0.2) is 5.01 Å². The van der Waals surface area contributed by atoms with Crippen LogP contribution in [0.25, 0.3) is 38.7 Å². The van der Waals surface area contributed by atoms with Gasteiger partial charge in [-0.15, -0.1) is 0 Å². The average molecular weight is 442 g/mol. The van der Waals surface area contributed by atoms with Gasteiger partial charge < -0.3 is 14.3 Å². The number of anilines is 1. The number of hydrazine groups is 1. The minimum absolute atomic E-state index is 0.0582. The summed E-state index contributed by atoms with van der Waals surface area (Å²) in [5.41, 5.74) is 3.33. The first kappa shape index (κ1) is 21.5. The van der Waals surface area contributed by atoms with Gasteiger partial charge in [0.2, 0.25) is 0 Å². The molecule has 0 amide bonds. The Morgan fingerprint density at radius 2 is 1.76 bits per heavy atom. The molecular weight excluding hydrogens is 410 g/mol. The third kappa shape index (κ3) is 3.39. The van der Waals surface area contributed by atoms with Crippen molar-refractivity contribution < 1.29 is 4.74 Å². The van der Waals surface area contributed by atoms with Crippen LogP contribution < -0.4 is 15.2 Å². The van der Waals surface area contributed by atoms with Crippen LogP contribution in [0.4, 0.5) is 5.69 Å². The predicted molar refractivity (Wildman–Crippen MR) is 139 cm³/mol. The number of ether oxygens (including phenoxy) is 1. The molecule has 5 nitrogen and oxygen atoms in total. The summed E-state index contributed by atoms with van der Waals surface area (Å²) < 4.78 is 8.57. The number of aromatic nitrogens is 1. The molecule has 0 spiro atoms. The highest BCUT2D eigenvalue weighted by Gasteiger charge is 2.28. The molecule has 0 bridgehead atoms. The second-order valence-corrected chi connectivity index (χ2v) is 9.64. The Balaban J connectivity index is 1.99. The van der Waals surface area contributed by atoms with Crippen LogP contribution in [0.15, 0.2) is 53.3 Å². The molecule has 0 saturated heterocycles. The lowest BCUT2D eigenvalue weighted by molar-refractivity contribution is 0.159. The molecular formula is C28H31N3O2. The Bertz CT molecular complexity index is 1490. The van der Waals surface area contributed by atoms with E-state index < -0.39 is 5.60 Å². The molecule has 33 heavy (non-hydrogen) atoms. The van der Waals surface area contributed by atoms with Crippen LogP contribution >= 0.6 is 0 Å². The van der Waals surface area contributed by atoms with Crippen molar-refractivity contribution in [1.82, 2.24) is 9.58 Å². The minimum Gasteiger partial charge on any atom is -0.483 e. The van der Waals surface area contributed by atoms with Gasteiger partial charge in [0.05, 0.1) is 22.1 Å². The second kappa shape index (κ2) is 7.63. The fourth-order valence-corrected chi connectivity index (χ4v) is 4.96. The topological polar surface area (TPSA) is 37.7 Å². The van der Waals surface area contributed by atoms with E-state index in [2.05, 4.69) is 72.8 Å².